The van der Waals surface area contributed by atoms with Crippen LogP contribution >= 0.6 is 11.3 Å². The zero-order chi connectivity index (χ0) is 18.5. The molecule has 4 heterocycles. The van der Waals surface area contributed by atoms with Crippen LogP contribution in [0.4, 0.5) is 16.3 Å². The first-order valence-electron chi connectivity index (χ1n) is 9.14. The van der Waals surface area contributed by atoms with Gasteiger partial charge in [-0.2, -0.15) is 0 Å². The van der Waals surface area contributed by atoms with E-state index in [1.165, 1.54) is 16.7 Å². The lowest BCUT2D eigenvalue weighted by molar-refractivity contribution is 0.181. The number of aryl methyl sites for hydroxylation is 2. The molecule has 0 radical (unpaired) electrons. The van der Waals surface area contributed by atoms with Gasteiger partial charge in [-0.05, 0) is 48.4 Å². The third kappa shape index (κ3) is 2.65. The monoisotopic (exact) mass is 380 g/mol. The molecular weight excluding hydrogens is 360 g/mol. The lowest BCUT2D eigenvalue weighted by Crippen LogP contribution is -2.33. The second-order valence-electron chi connectivity index (χ2n) is 7.05. The van der Waals surface area contributed by atoms with Gasteiger partial charge in [0.1, 0.15) is 23.1 Å². The van der Waals surface area contributed by atoms with Crippen LogP contribution in [0.25, 0.3) is 10.2 Å². The molecule has 1 amide bonds. The molecule has 0 saturated carbocycles. The minimum Gasteiger partial charge on any atom is -0.447 e. The van der Waals surface area contributed by atoms with Gasteiger partial charge in [0, 0.05) is 13.1 Å². The fourth-order valence-corrected chi connectivity index (χ4v) is 4.99. The Morgan fingerprint density at radius 1 is 1.19 bits per heavy atom. The molecule has 138 valence electrons. The number of carbonyl (C=O) groups excluding carboxylic acids is 1. The maximum atomic E-state index is 12.0. The number of hydrogen-bond donors (Lipinski definition) is 0. The van der Waals surface area contributed by atoms with Gasteiger partial charge in [0.15, 0.2) is 0 Å². The molecule has 1 aromatic carbocycles. The van der Waals surface area contributed by atoms with Gasteiger partial charge in [-0.3, -0.25) is 4.90 Å². The van der Waals surface area contributed by atoms with Crippen LogP contribution in [-0.4, -0.2) is 35.8 Å². The van der Waals surface area contributed by atoms with Gasteiger partial charge >= 0.3 is 6.09 Å². The van der Waals surface area contributed by atoms with Crippen molar-refractivity contribution in [1.82, 2.24) is 9.97 Å². The predicted molar refractivity (Wildman–Crippen MR) is 107 cm³/mol. The minimum absolute atomic E-state index is 0.243. The summed E-state index contributed by atoms with van der Waals surface area (Å²) in [5.41, 5.74) is 4.71. The number of cyclic esters (lactones) is 1. The molecule has 1 saturated heterocycles. The van der Waals surface area contributed by atoms with Crippen molar-refractivity contribution in [3.63, 3.8) is 0 Å². The maximum absolute atomic E-state index is 12.0. The lowest BCUT2D eigenvalue weighted by atomic mass is 9.97. The van der Waals surface area contributed by atoms with Crippen molar-refractivity contribution in [3.05, 3.63) is 46.1 Å². The molecule has 2 aromatic heterocycles. The molecule has 7 heteroatoms. The third-order valence-electron chi connectivity index (χ3n) is 5.30. The summed E-state index contributed by atoms with van der Waals surface area (Å²) in [6, 6.07) is 6.20. The van der Waals surface area contributed by atoms with Crippen molar-refractivity contribution in [2.24, 2.45) is 0 Å². The zero-order valence-corrected chi connectivity index (χ0v) is 16.2. The number of rotatable bonds is 2. The SMILES string of the molecule is Cc1nc(N2CCc3c(cccc3N3CCOC3=O)C2)c2c(C)csc2n1. The van der Waals surface area contributed by atoms with E-state index in [0.29, 0.717) is 13.2 Å². The van der Waals surface area contributed by atoms with E-state index in [-0.39, 0.29) is 6.09 Å². The normalized spacial score (nSPS) is 16.7. The Morgan fingerprint density at radius 3 is 2.89 bits per heavy atom. The number of hydrogen-bond acceptors (Lipinski definition) is 6. The number of aromatic nitrogens is 2. The molecule has 1 fully saturated rings. The molecule has 0 spiro atoms. The fourth-order valence-electron chi connectivity index (χ4n) is 4.03. The van der Waals surface area contributed by atoms with E-state index in [4.69, 9.17) is 9.72 Å². The van der Waals surface area contributed by atoms with Gasteiger partial charge in [0.25, 0.3) is 0 Å². The van der Waals surface area contributed by atoms with Crippen LogP contribution in [0.5, 0.6) is 0 Å². The summed E-state index contributed by atoms with van der Waals surface area (Å²) >= 11 is 1.68. The quantitative estimate of drug-likeness (QED) is 0.676. The summed E-state index contributed by atoms with van der Waals surface area (Å²) < 4.78 is 5.13. The summed E-state index contributed by atoms with van der Waals surface area (Å²) in [6.45, 7) is 6.81. The number of amides is 1. The van der Waals surface area contributed by atoms with Crippen LogP contribution < -0.4 is 9.80 Å². The molecule has 0 N–H and O–H groups in total. The topological polar surface area (TPSA) is 58.6 Å². The number of anilines is 2. The number of ether oxygens (including phenoxy) is 1. The van der Waals surface area contributed by atoms with E-state index in [2.05, 4.69) is 28.3 Å². The Morgan fingerprint density at radius 2 is 2.07 bits per heavy atom. The number of nitrogens with zero attached hydrogens (tertiary/aromatic N) is 4. The lowest BCUT2D eigenvalue weighted by Gasteiger charge is -2.32. The van der Waals surface area contributed by atoms with Crippen LogP contribution in [0.15, 0.2) is 23.6 Å². The minimum atomic E-state index is -0.243. The number of thiophene rings is 1. The first-order valence-corrected chi connectivity index (χ1v) is 10.0. The van der Waals surface area contributed by atoms with E-state index in [9.17, 15) is 4.79 Å². The molecule has 3 aromatic rings. The van der Waals surface area contributed by atoms with E-state index < -0.39 is 0 Å². The van der Waals surface area contributed by atoms with Crippen molar-refractivity contribution < 1.29 is 9.53 Å². The highest BCUT2D eigenvalue weighted by Gasteiger charge is 2.29. The number of carbonyl (C=O) groups is 1. The molecular formula is C20H20N4O2S. The fraction of sp³-hybridized carbons (Fsp3) is 0.350. The molecule has 0 atom stereocenters. The highest BCUT2D eigenvalue weighted by atomic mass is 32.1. The van der Waals surface area contributed by atoms with Gasteiger partial charge < -0.3 is 9.64 Å². The molecule has 2 aliphatic rings. The number of benzene rings is 1. The van der Waals surface area contributed by atoms with Crippen LogP contribution in [0.2, 0.25) is 0 Å². The first kappa shape index (κ1) is 16.5. The average Bonchev–Trinajstić information content (AvgIpc) is 3.26. The largest absolute Gasteiger partial charge is 0.447 e. The van der Waals surface area contributed by atoms with E-state index in [1.54, 1.807) is 16.2 Å². The predicted octanol–water partition coefficient (Wildman–Crippen LogP) is 3.83. The highest BCUT2D eigenvalue weighted by molar-refractivity contribution is 7.17. The molecule has 5 rings (SSSR count). The molecule has 6 nitrogen and oxygen atoms in total. The molecule has 0 aliphatic carbocycles. The van der Waals surface area contributed by atoms with Crippen LogP contribution in [0.1, 0.15) is 22.5 Å². The van der Waals surface area contributed by atoms with Gasteiger partial charge in [0.2, 0.25) is 0 Å². The molecule has 0 bridgehead atoms. The van der Waals surface area contributed by atoms with Gasteiger partial charge in [-0.1, -0.05) is 12.1 Å². The second kappa shape index (κ2) is 6.20. The average molecular weight is 380 g/mol. The summed E-state index contributed by atoms with van der Waals surface area (Å²) in [5, 5.41) is 3.31. The third-order valence-corrected chi connectivity index (χ3v) is 6.29. The van der Waals surface area contributed by atoms with Gasteiger partial charge in [-0.15, -0.1) is 11.3 Å². The van der Waals surface area contributed by atoms with Crippen LogP contribution in [0.3, 0.4) is 0 Å². The van der Waals surface area contributed by atoms with E-state index in [0.717, 1.165) is 47.1 Å². The highest BCUT2D eigenvalue weighted by Crippen LogP contribution is 2.36. The van der Waals surface area contributed by atoms with Crippen LogP contribution in [-0.2, 0) is 17.7 Å². The van der Waals surface area contributed by atoms with Crippen molar-refractivity contribution in [2.75, 3.05) is 29.5 Å². The maximum Gasteiger partial charge on any atom is 0.414 e. The van der Waals surface area contributed by atoms with Crippen LogP contribution in [0, 0.1) is 13.8 Å². The smallest absolute Gasteiger partial charge is 0.414 e. The Kier molecular flexibility index (Phi) is 3.79. The zero-order valence-electron chi connectivity index (χ0n) is 15.4. The first-order chi connectivity index (χ1) is 13.1. The van der Waals surface area contributed by atoms with E-state index in [1.807, 2.05) is 19.1 Å². The summed E-state index contributed by atoms with van der Waals surface area (Å²) in [7, 11) is 0. The molecule has 0 unspecified atom stereocenters. The van der Waals surface area contributed by atoms with Crippen molar-refractivity contribution >= 4 is 39.2 Å². The Bertz CT molecular complexity index is 1060. The summed E-state index contributed by atoms with van der Waals surface area (Å²) in [4.78, 5) is 26.5. The molecule has 2 aliphatic heterocycles. The van der Waals surface area contributed by atoms with Crippen molar-refractivity contribution in [3.8, 4) is 0 Å². The summed E-state index contributed by atoms with van der Waals surface area (Å²) in [6.07, 6.45) is 0.635. The van der Waals surface area contributed by atoms with Crippen molar-refractivity contribution in [2.45, 2.75) is 26.8 Å². The standard InChI is InChI=1S/C20H20N4O2S/c1-12-11-27-19-17(12)18(21-13(2)22-19)23-7-6-15-14(10-23)4-3-5-16(15)24-8-9-26-20(24)25/h3-5,11H,6-10H2,1-2H3. The Hall–Kier alpha value is -2.67. The Labute approximate surface area is 161 Å². The summed E-state index contributed by atoms with van der Waals surface area (Å²) in [5.74, 6) is 1.83. The molecule has 27 heavy (non-hydrogen) atoms. The van der Waals surface area contributed by atoms with E-state index >= 15 is 0 Å². The van der Waals surface area contributed by atoms with Gasteiger partial charge in [0.05, 0.1) is 17.6 Å². The van der Waals surface area contributed by atoms with Gasteiger partial charge in [-0.25, -0.2) is 14.8 Å². The Balaban J connectivity index is 1.54. The number of fused-ring (bicyclic) bond motifs is 2. The second-order valence-corrected chi connectivity index (χ2v) is 7.90. The van der Waals surface area contributed by atoms with Crippen molar-refractivity contribution in [1.29, 1.82) is 0 Å².